The third-order valence-electron chi connectivity index (χ3n) is 5.14. The minimum absolute atomic E-state index is 0.155. The lowest BCUT2D eigenvalue weighted by Crippen LogP contribution is -2.45. The van der Waals surface area contributed by atoms with Gasteiger partial charge in [-0.3, -0.25) is 0 Å². The Labute approximate surface area is 142 Å². The Balaban J connectivity index is 1.68. The number of anilines is 3. The van der Waals surface area contributed by atoms with E-state index in [0.717, 1.165) is 63.7 Å². The number of piperazine rings is 1. The molecule has 0 bridgehead atoms. The number of aromatic nitrogens is 2. The minimum atomic E-state index is -0.622. The average molecular weight is 336 g/mol. The van der Waals surface area contributed by atoms with E-state index in [2.05, 4.69) is 31.7 Å². The van der Waals surface area contributed by atoms with E-state index in [-0.39, 0.29) is 12.5 Å². The number of hydrogen-bond donors (Lipinski definition) is 3. The Morgan fingerprint density at radius 2 is 1.62 bits per heavy atom. The number of aliphatic hydroxyl groups excluding tert-OH is 2. The number of nitrogens with two attached hydrogens (primary N) is 1. The molecule has 2 aliphatic rings. The van der Waals surface area contributed by atoms with Crippen LogP contribution in [0.4, 0.5) is 17.6 Å². The first-order valence-electron chi connectivity index (χ1n) is 8.68. The number of piperidine rings is 1. The van der Waals surface area contributed by atoms with Gasteiger partial charge in [-0.1, -0.05) is 0 Å². The predicted octanol–water partition coefficient (Wildman–Crippen LogP) is -0.620. The third kappa shape index (κ3) is 3.88. The van der Waals surface area contributed by atoms with Crippen molar-refractivity contribution in [3.8, 4) is 0 Å². The molecule has 4 N–H and O–H groups in total. The standard InChI is InChI=1S/C16H28N6O2/c1-20-6-8-22(9-7-20)15-10-14(18-16(17)19-15)21-4-2-12(3-5-21)13(24)11-23/h10,12-13,23-24H,2-9,11H2,1H3,(H2,17,18,19). The fraction of sp³-hybridized carbons (Fsp3) is 0.750. The van der Waals surface area contributed by atoms with Crippen molar-refractivity contribution in [2.75, 3.05) is 68.5 Å². The number of likely N-dealkylation sites (N-methyl/N-ethyl adjacent to an activating group) is 1. The largest absolute Gasteiger partial charge is 0.394 e. The summed E-state index contributed by atoms with van der Waals surface area (Å²) in [4.78, 5) is 15.6. The van der Waals surface area contributed by atoms with E-state index < -0.39 is 6.10 Å². The number of aliphatic hydroxyl groups is 2. The highest BCUT2D eigenvalue weighted by molar-refractivity contribution is 5.54. The molecule has 3 rings (SSSR count). The fourth-order valence-corrected chi connectivity index (χ4v) is 3.46. The first-order chi connectivity index (χ1) is 11.6. The maximum Gasteiger partial charge on any atom is 0.223 e. The SMILES string of the molecule is CN1CCN(c2cc(N3CCC(C(O)CO)CC3)nc(N)n2)CC1. The number of rotatable bonds is 4. The molecule has 0 radical (unpaired) electrons. The summed E-state index contributed by atoms with van der Waals surface area (Å²) >= 11 is 0. The molecular weight excluding hydrogens is 308 g/mol. The molecule has 1 aromatic heterocycles. The van der Waals surface area contributed by atoms with Crippen LogP contribution in [0, 0.1) is 5.92 Å². The van der Waals surface area contributed by atoms with Crippen molar-refractivity contribution in [2.24, 2.45) is 5.92 Å². The number of nitrogens with zero attached hydrogens (tertiary/aromatic N) is 5. The van der Waals surface area contributed by atoms with Crippen LogP contribution >= 0.6 is 0 Å². The third-order valence-corrected chi connectivity index (χ3v) is 5.14. The highest BCUT2D eigenvalue weighted by atomic mass is 16.3. The Hall–Kier alpha value is -1.64. The second-order valence-electron chi connectivity index (χ2n) is 6.81. The Bertz CT molecular complexity index is 541. The summed E-state index contributed by atoms with van der Waals surface area (Å²) in [5, 5.41) is 18.9. The molecule has 0 saturated carbocycles. The molecule has 2 fully saturated rings. The van der Waals surface area contributed by atoms with Crippen molar-refractivity contribution in [2.45, 2.75) is 18.9 Å². The lowest BCUT2D eigenvalue weighted by Gasteiger charge is -2.36. The molecule has 0 spiro atoms. The molecule has 1 unspecified atom stereocenters. The zero-order valence-corrected chi connectivity index (χ0v) is 14.3. The molecule has 0 aromatic carbocycles. The first kappa shape index (κ1) is 17.2. The van der Waals surface area contributed by atoms with Gasteiger partial charge in [-0.2, -0.15) is 9.97 Å². The molecular formula is C16H28N6O2. The Morgan fingerprint density at radius 1 is 1.08 bits per heavy atom. The molecule has 8 nitrogen and oxygen atoms in total. The van der Waals surface area contributed by atoms with Gasteiger partial charge in [-0.05, 0) is 25.8 Å². The van der Waals surface area contributed by atoms with Gasteiger partial charge in [0, 0.05) is 45.3 Å². The van der Waals surface area contributed by atoms with Gasteiger partial charge >= 0.3 is 0 Å². The summed E-state index contributed by atoms with van der Waals surface area (Å²) in [5.41, 5.74) is 5.94. The van der Waals surface area contributed by atoms with E-state index in [4.69, 9.17) is 10.8 Å². The van der Waals surface area contributed by atoms with Gasteiger partial charge in [0.15, 0.2) is 0 Å². The van der Waals surface area contributed by atoms with E-state index in [1.54, 1.807) is 0 Å². The highest BCUT2D eigenvalue weighted by Crippen LogP contribution is 2.27. The second-order valence-corrected chi connectivity index (χ2v) is 6.81. The number of nitrogen functional groups attached to an aromatic ring is 1. The first-order valence-corrected chi connectivity index (χ1v) is 8.68. The zero-order chi connectivity index (χ0) is 17.1. The molecule has 0 aliphatic carbocycles. The second kappa shape index (κ2) is 7.50. The van der Waals surface area contributed by atoms with E-state index in [1.807, 2.05) is 6.07 Å². The van der Waals surface area contributed by atoms with E-state index >= 15 is 0 Å². The normalized spacial score (nSPS) is 22.0. The highest BCUT2D eigenvalue weighted by Gasteiger charge is 2.26. The van der Waals surface area contributed by atoms with Crippen LogP contribution in [0.5, 0.6) is 0 Å². The lowest BCUT2D eigenvalue weighted by molar-refractivity contribution is 0.0376. The van der Waals surface area contributed by atoms with Crippen LogP contribution in [-0.4, -0.2) is 84.1 Å². The molecule has 24 heavy (non-hydrogen) atoms. The van der Waals surface area contributed by atoms with Crippen LogP contribution in [0.2, 0.25) is 0 Å². The van der Waals surface area contributed by atoms with Crippen LogP contribution in [0.1, 0.15) is 12.8 Å². The topological polar surface area (TPSA) is 102 Å². The van der Waals surface area contributed by atoms with Crippen molar-refractivity contribution in [1.82, 2.24) is 14.9 Å². The van der Waals surface area contributed by atoms with Gasteiger partial charge in [0.25, 0.3) is 0 Å². The molecule has 3 heterocycles. The van der Waals surface area contributed by atoms with Crippen LogP contribution < -0.4 is 15.5 Å². The summed E-state index contributed by atoms with van der Waals surface area (Å²) in [5.74, 6) is 2.21. The van der Waals surface area contributed by atoms with Crippen molar-refractivity contribution < 1.29 is 10.2 Å². The van der Waals surface area contributed by atoms with Crippen LogP contribution in [0.3, 0.4) is 0 Å². The number of hydrogen-bond acceptors (Lipinski definition) is 8. The summed E-state index contributed by atoms with van der Waals surface area (Å²) in [6.07, 6.45) is 1.06. The summed E-state index contributed by atoms with van der Waals surface area (Å²) in [6.45, 7) is 5.36. The maximum atomic E-state index is 9.79. The van der Waals surface area contributed by atoms with Gasteiger partial charge in [-0.15, -0.1) is 0 Å². The predicted molar refractivity (Wildman–Crippen MR) is 94.2 cm³/mol. The van der Waals surface area contributed by atoms with Gasteiger partial charge in [0.2, 0.25) is 5.95 Å². The van der Waals surface area contributed by atoms with Crippen molar-refractivity contribution in [1.29, 1.82) is 0 Å². The van der Waals surface area contributed by atoms with Gasteiger partial charge < -0.3 is 30.6 Å². The van der Waals surface area contributed by atoms with Crippen LogP contribution in [0.25, 0.3) is 0 Å². The maximum absolute atomic E-state index is 9.79. The molecule has 8 heteroatoms. The van der Waals surface area contributed by atoms with Crippen LogP contribution in [0.15, 0.2) is 6.07 Å². The summed E-state index contributed by atoms with van der Waals surface area (Å²) < 4.78 is 0. The van der Waals surface area contributed by atoms with E-state index in [0.29, 0.717) is 5.95 Å². The van der Waals surface area contributed by atoms with Crippen molar-refractivity contribution in [3.05, 3.63) is 6.07 Å². The van der Waals surface area contributed by atoms with Gasteiger partial charge in [-0.25, -0.2) is 0 Å². The smallest absolute Gasteiger partial charge is 0.223 e. The zero-order valence-electron chi connectivity index (χ0n) is 14.3. The van der Waals surface area contributed by atoms with Crippen molar-refractivity contribution >= 4 is 17.6 Å². The molecule has 134 valence electrons. The molecule has 1 aromatic rings. The average Bonchev–Trinajstić information content (AvgIpc) is 2.61. The molecule has 2 saturated heterocycles. The van der Waals surface area contributed by atoms with Gasteiger partial charge in [0.1, 0.15) is 11.6 Å². The van der Waals surface area contributed by atoms with E-state index in [1.165, 1.54) is 0 Å². The van der Waals surface area contributed by atoms with Crippen molar-refractivity contribution in [3.63, 3.8) is 0 Å². The Kier molecular flexibility index (Phi) is 5.37. The molecule has 0 amide bonds. The minimum Gasteiger partial charge on any atom is -0.394 e. The van der Waals surface area contributed by atoms with Crippen LogP contribution in [-0.2, 0) is 0 Å². The fourth-order valence-electron chi connectivity index (χ4n) is 3.46. The molecule has 1 atom stereocenters. The lowest BCUT2D eigenvalue weighted by atomic mass is 9.91. The summed E-state index contributed by atoms with van der Waals surface area (Å²) in [7, 11) is 2.13. The Morgan fingerprint density at radius 3 is 2.17 bits per heavy atom. The molecule has 2 aliphatic heterocycles. The monoisotopic (exact) mass is 336 g/mol. The van der Waals surface area contributed by atoms with E-state index in [9.17, 15) is 5.11 Å². The quantitative estimate of drug-likeness (QED) is 0.669. The summed E-state index contributed by atoms with van der Waals surface area (Å²) in [6, 6.07) is 2.02. The van der Waals surface area contributed by atoms with Gasteiger partial charge in [0.05, 0.1) is 12.7 Å².